The van der Waals surface area contributed by atoms with Gasteiger partial charge >= 0.3 is 6.03 Å². The fraction of sp³-hybridized carbons (Fsp3) is 0.222. The highest BCUT2D eigenvalue weighted by atomic mass is 79.9. The lowest BCUT2D eigenvalue weighted by Crippen LogP contribution is -2.32. The number of primary amides is 1. The first-order chi connectivity index (χ1) is 6.68. The number of hydrogen-bond donors (Lipinski definition) is 2. The van der Waals surface area contributed by atoms with Crippen LogP contribution in [0.25, 0.3) is 0 Å². The van der Waals surface area contributed by atoms with Gasteiger partial charge in [-0.15, -0.1) is 0 Å². The van der Waals surface area contributed by atoms with E-state index in [1.54, 1.807) is 0 Å². The minimum atomic E-state index is -0.539. The lowest BCUT2D eigenvalue weighted by Gasteiger charge is -2.06. The molecule has 0 saturated carbocycles. The Balaban J connectivity index is 2.28. The molecule has 0 heterocycles. The number of urea groups is 1. The molecule has 0 aliphatic heterocycles. The molecule has 1 aromatic rings. The summed E-state index contributed by atoms with van der Waals surface area (Å²) in [6.45, 7) is 0.807. The molecule has 0 spiro atoms. The summed E-state index contributed by atoms with van der Waals surface area (Å²) in [4.78, 5) is 10.3. The van der Waals surface area contributed by atoms with Gasteiger partial charge in [-0.25, -0.2) is 4.79 Å². The second-order valence-corrected chi connectivity index (χ2v) is 3.51. The van der Waals surface area contributed by atoms with E-state index in [0.717, 1.165) is 10.2 Å². The highest BCUT2D eigenvalue weighted by Gasteiger charge is 1.95. The Morgan fingerprint density at radius 1 is 1.57 bits per heavy atom. The molecule has 5 heteroatoms. The molecule has 0 fully saturated rings. The zero-order valence-corrected chi connectivity index (χ0v) is 9.08. The van der Waals surface area contributed by atoms with Crippen LogP contribution < -0.4 is 15.8 Å². The van der Waals surface area contributed by atoms with Crippen molar-refractivity contribution in [3.63, 3.8) is 0 Å². The number of carbonyl (C=O) groups excluding carboxylic acids is 1. The number of benzene rings is 1. The van der Waals surface area contributed by atoms with Gasteiger partial charge in [-0.3, -0.25) is 0 Å². The zero-order chi connectivity index (χ0) is 10.4. The predicted octanol–water partition coefficient (Wildman–Crippen LogP) is 1.50. The van der Waals surface area contributed by atoms with Gasteiger partial charge in [0.2, 0.25) is 0 Å². The van der Waals surface area contributed by atoms with Crippen LogP contribution >= 0.6 is 15.9 Å². The molecule has 0 radical (unpaired) electrons. The number of ether oxygens (including phenoxy) is 1. The van der Waals surface area contributed by atoms with Crippen LogP contribution in [0.3, 0.4) is 0 Å². The van der Waals surface area contributed by atoms with Crippen LogP contribution in [0.4, 0.5) is 4.79 Å². The summed E-state index contributed by atoms with van der Waals surface area (Å²) in [5, 5.41) is 2.43. The fourth-order valence-electron chi connectivity index (χ4n) is 0.900. The van der Waals surface area contributed by atoms with Crippen molar-refractivity contribution in [3.8, 4) is 5.75 Å². The molecule has 76 valence electrons. The summed E-state index contributed by atoms with van der Waals surface area (Å²) >= 11 is 3.32. The number of amides is 2. The highest BCUT2D eigenvalue weighted by Crippen LogP contribution is 2.17. The van der Waals surface area contributed by atoms with E-state index < -0.39 is 6.03 Å². The van der Waals surface area contributed by atoms with Gasteiger partial charge in [0.25, 0.3) is 0 Å². The van der Waals surface area contributed by atoms with Crippen LogP contribution in [0.5, 0.6) is 5.75 Å². The van der Waals surface area contributed by atoms with Gasteiger partial charge in [-0.05, 0) is 18.2 Å². The highest BCUT2D eigenvalue weighted by molar-refractivity contribution is 9.10. The van der Waals surface area contributed by atoms with E-state index in [4.69, 9.17) is 10.5 Å². The van der Waals surface area contributed by atoms with Crippen LogP contribution in [0.1, 0.15) is 0 Å². The predicted molar refractivity (Wildman–Crippen MR) is 57.2 cm³/mol. The number of rotatable bonds is 4. The Labute approximate surface area is 90.6 Å². The van der Waals surface area contributed by atoms with Crippen LogP contribution in [-0.4, -0.2) is 19.2 Å². The summed E-state index contributed by atoms with van der Waals surface area (Å²) in [6, 6.07) is 6.94. The van der Waals surface area contributed by atoms with E-state index in [-0.39, 0.29) is 0 Å². The third-order valence-electron chi connectivity index (χ3n) is 1.47. The molecule has 4 nitrogen and oxygen atoms in total. The normalized spacial score (nSPS) is 9.50. The number of nitrogens with one attached hydrogen (secondary N) is 1. The first-order valence-corrected chi connectivity index (χ1v) is 4.89. The van der Waals surface area contributed by atoms with Gasteiger partial charge in [0.15, 0.2) is 0 Å². The van der Waals surface area contributed by atoms with Gasteiger partial charge in [-0.1, -0.05) is 22.0 Å². The van der Waals surface area contributed by atoms with E-state index in [0.29, 0.717) is 13.2 Å². The maximum atomic E-state index is 10.3. The molecular formula is C9H11BrN2O2. The largest absolute Gasteiger partial charge is 0.492 e. The van der Waals surface area contributed by atoms with Crippen LogP contribution in [0.2, 0.25) is 0 Å². The molecule has 0 aliphatic carbocycles. The van der Waals surface area contributed by atoms with Gasteiger partial charge in [-0.2, -0.15) is 0 Å². The summed E-state index contributed by atoms with van der Waals surface area (Å²) < 4.78 is 6.29. The fourth-order valence-corrected chi connectivity index (χ4v) is 1.28. The lowest BCUT2D eigenvalue weighted by atomic mass is 10.3. The molecule has 0 aliphatic rings. The first-order valence-electron chi connectivity index (χ1n) is 4.10. The smallest absolute Gasteiger partial charge is 0.312 e. The molecule has 3 N–H and O–H groups in total. The summed E-state index contributed by atoms with van der Waals surface area (Å²) in [5.41, 5.74) is 4.88. The molecular weight excluding hydrogens is 248 g/mol. The number of hydrogen-bond acceptors (Lipinski definition) is 2. The molecule has 0 aromatic heterocycles. The Morgan fingerprint density at radius 2 is 2.36 bits per heavy atom. The molecule has 0 saturated heterocycles. The monoisotopic (exact) mass is 258 g/mol. The molecule has 0 unspecified atom stereocenters. The van der Waals surface area contributed by atoms with Crippen molar-refractivity contribution in [2.75, 3.05) is 13.2 Å². The van der Waals surface area contributed by atoms with Crippen molar-refractivity contribution >= 4 is 22.0 Å². The van der Waals surface area contributed by atoms with Crippen LogP contribution in [0.15, 0.2) is 28.7 Å². The van der Waals surface area contributed by atoms with Crippen molar-refractivity contribution in [3.05, 3.63) is 28.7 Å². The standard InChI is InChI=1S/C9H11BrN2O2/c10-7-2-1-3-8(6-7)14-5-4-12-9(11)13/h1-3,6H,4-5H2,(H3,11,12,13). The van der Waals surface area contributed by atoms with Crippen LogP contribution in [-0.2, 0) is 0 Å². The number of halogens is 1. The topological polar surface area (TPSA) is 64.4 Å². The van der Waals surface area contributed by atoms with E-state index in [9.17, 15) is 4.79 Å². The lowest BCUT2D eigenvalue weighted by molar-refractivity contribution is 0.244. The first kappa shape index (κ1) is 10.8. The Kier molecular flexibility index (Phi) is 4.25. The Bertz CT molecular complexity index is 317. The maximum absolute atomic E-state index is 10.3. The minimum Gasteiger partial charge on any atom is -0.492 e. The zero-order valence-electron chi connectivity index (χ0n) is 7.50. The quantitative estimate of drug-likeness (QED) is 0.804. The van der Waals surface area contributed by atoms with Gasteiger partial charge in [0.05, 0.1) is 6.54 Å². The Hall–Kier alpha value is -1.23. The SMILES string of the molecule is NC(=O)NCCOc1cccc(Br)c1. The average molecular weight is 259 g/mol. The molecule has 0 atom stereocenters. The van der Waals surface area contributed by atoms with Gasteiger partial charge in [0.1, 0.15) is 12.4 Å². The number of nitrogens with two attached hydrogens (primary N) is 1. The Morgan fingerprint density at radius 3 is 3.00 bits per heavy atom. The van der Waals surface area contributed by atoms with Gasteiger partial charge < -0.3 is 15.8 Å². The average Bonchev–Trinajstić information content (AvgIpc) is 2.12. The maximum Gasteiger partial charge on any atom is 0.312 e. The van der Waals surface area contributed by atoms with Crippen LogP contribution in [0, 0.1) is 0 Å². The van der Waals surface area contributed by atoms with E-state index in [1.807, 2.05) is 24.3 Å². The number of carbonyl (C=O) groups is 1. The minimum absolute atomic E-state index is 0.402. The second kappa shape index (κ2) is 5.49. The molecule has 1 aromatic carbocycles. The van der Waals surface area contributed by atoms with Crippen molar-refractivity contribution < 1.29 is 9.53 Å². The third kappa shape index (κ3) is 4.13. The second-order valence-electron chi connectivity index (χ2n) is 2.60. The molecule has 2 amide bonds. The summed E-state index contributed by atoms with van der Waals surface area (Å²) in [7, 11) is 0. The summed E-state index contributed by atoms with van der Waals surface area (Å²) in [5.74, 6) is 0.755. The van der Waals surface area contributed by atoms with E-state index in [2.05, 4.69) is 21.2 Å². The molecule has 0 bridgehead atoms. The molecule has 1 rings (SSSR count). The molecule has 14 heavy (non-hydrogen) atoms. The third-order valence-corrected chi connectivity index (χ3v) is 1.96. The van der Waals surface area contributed by atoms with E-state index >= 15 is 0 Å². The van der Waals surface area contributed by atoms with Crippen molar-refractivity contribution in [2.24, 2.45) is 5.73 Å². The van der Waals surface area contributed by atoms with Gasteiger partial charge in [0, 0.05) is 4.47 Å². The summed E-state index contributed by atoms with van der Waals surface area (Å²) in [6.07, 6.45) is 0. The van der Waals surface area contributed by atoms with Crippen molar-refractivity contribution in [1.82, 2.24) is 5.32 Å². The van der Waals surface area contributed by atoms with Crippen molar-refractivity contribution in [2.45, 2.75) is 0 Å². The van der Waals surface area contributed by atoms with E-state index in [1.165, 1.54) is 0 Å². The van der Waals surface area contributed by atoms with Crippen molar-refractivity contribution in [1.29, 1.82) is 0 Å².